The van der Waals surface area contributed by atoms with E-state index in [2.05, 4.69) is 29.0 Å². The third kappa shape index (κ3) is 3.97. The van der Waals surface area contributed by atoms with E-state index >= 15 is 0 Å². The molecular formula is C17H20N4O2S. The minimum Gasteiger partial charge on any atom is -0.497 e. The van der Waals surface area contributed by atoms with Gasteiger partial charge in [-0.3, -0.25) is 4.57 Å². The second-order valence-electron chi connectivity index (χ2n) is 5.77. The highest BCUT2D eigenvalue weighted by Crippen LogP contribution is 2.25. The molecule has 7 heteroatoms. The number of thioether (sulfide) groups is 1. The van der Waals surface area contributed by atoms with Gasteiger partial charge in [0.2, 0.25) is 5.89 Å². The summed E-state index contributed by atoms with van der Waals surface area (Å²) in [5, 5.41) is 4.91. The molecule has 0 fully saturated rings. The molecule has 0 spiro atoms. The van der Waals surface area contributed by atoms with Crippen molar-refractivity contribution in [1.29, 1.82) is 0 Å². The van der Waals surface area contributed by atoms with E-state index in [0.29, 0.717) is 23.4 Å². The number of benzene rings is 1. The van der Waals surface area contributed by atoms with Gasteiger partial charge in [-0.25, -0.2) is 4.98 Å². The van der Waals surface area contributed by atoms with Gasteiger partial charge in [-0.2, -0.15) is 4.98 Å². The van der Waals surface area contributed by atoms with Crippen LogP contribution in [0.1, 0.15) is 25.6 Å². The molecule has 0 aliphatic rings. The maximum absolute atomic E-state index is 5.28. The minimum atomic E-state index is 0.498. The SMILES string of the molecule is COc1cccc(-n2ccnc2SCc2noc(CC(C)C)n2)c1. The van der Waals surface area contributed by atoms with E-state index in [0.717, 1.165) is 23.0 Å². The fourth-order valence-corrected chi connectivity index (χ4v) is 3.08. The highest BCUT2D eigenvalue weighted by Gasteiger charge is 2.11. The molecule has 0 saturated carbocycles. The van der Waals surface area contributed by atoms with Crippen LogP contribution in [0.25, 0.3) is 5.69 Å². The van der Waals surface area contributed by atoms with Gasteiger partial charge in [0.05, 0.1) is 18.6 Å². The van der Waals surface area contributed by atoms with Crippen LogP contribution in [0.2, 0.25) is 0 Å². The van der Waals surface area contributed by atoms with Crippen molar-refractivity contribution >= 4 is 11.8 Å². The molecule has 126 valence electrons. The van der Waals surface area contributed by atoms with Crippen LogP contribution in [-0.4, -0.2) is 26.8 Å². The second-order valence-corrected chi connectivity index (χ2v) is 6.71. The Morgan fingerprint density at radius 2 is 2.21 bits per heavy atom. The second kappa shape index (κ2) is 7.53. The summed E-state index contributed by atoms with van der Waals surface area (Å²) in [6, 6.07) is 7.87. The summed E-state index contributed by atoms with van der Waals surface area (Å²) in [5.41, 5.74) is 1.00. The first-order valence-corrected chi connectivity index (χ1v) is 8.76. The Labute approximate surface area is 145 Å². The number of imidazole rings is 1. The Kier molecular flexibility index (Phi) is 5.20. The van der Waals surface area contributed by atoms with Gasteiger partial charge in [-0.15, -0.1) is 0 Å². The Balaban J connectivity index is 1.70. The molecule has 0 atom stereocenters. The van der Waals surface area contributed by atoms with Gasteiger partial charge in [0.25, 0.3) is 0 Å². The molecule has 0 aliphatic heterocycles. The van der Waals surface area contributed by atoms with Crippen LogP contribution in [0, 0.1) is 5.92 Å². The fraction of sp³-hybridized carbons (Fsp3) is 0.353. The molecule has 6 nitrogen and oxygen atoms in total. The topological polar surface area (TPSA) is 66.0 Å². The van der Waals surface area contributed by atoms with Crippen molar-refractivity contribution in [2.45, 2.75) is 31.2 Å². The van der Waals surface area contributed by atoms with Crippen molar-refractivity contribution in [1.82, 2.24) is 19.7 Å². The average molecular weight is 344 g/mol. The molecule has 0 bridgehead atoms. The molecule has 2 aromatic heterocycles. The summed E-state index contributed by atoms with van der Waals surface area (Å²) in [6.07, 6.45) is 4.51. The number of rotatable bonds is 7. The van der Waals surface area contributed by atoms with Crippen molar-refractivity contribution in [3.05, 3.63) is 48.4 Å². The Morgan fingerprint density at radius 3 is 3.00 bits per heavy atom. The van der Waals surface area contributed by atoms with E-state index in [1.165, 1.54) is 0 Å². The monoisotopic (exact) mass is 344 g/mol. The van der Waals surface area contributed by atoms with Crippen LogP contribution in [0.15, 0.2) is 46.3 Å². The molecule has 24 heavy (non-hydrogen) atoms. The highest BCUT2D eigenvalue weighted by atomic mass is 32.2. The number of aromatic nitrogens is 4. The van der Waals surface area contributed by atoms with Gasteiger partial charge in [-0.1, -0.05) is 36.8 Å². The van der Waals surface area contributed by atoms with E-state index in [1.54, 1.807) is 25.1 Å². The zero-order valence-electron chi connectivity index (χ0n) is 14.0. The molecular weight excluding hydrogens is 324 g/mol. The van der Waals surface area contributed by atoms with E-state index in [-0.39, 0.29) is 0 Å². The van der Waals surface area contributed by atoms with Crippen LogP contribution in [0.5, 0.6) is 5.75 Å². The summed E-state index contributed by atoms with van der Waals surface area (Å²) >= 11 is 1.57. The first-order valence-electron chi connectivity index (χ1n) is 7.77. The molecule has 3 rings (SSSR count). The highest BCUT2D eigenvalue weighted by molar-refractivity contribution is 7.98. The summed E-state index contributed by atoms with van der Waals surface area (Å²) in [7, 11) is 1.66. The smallest absolute Gasteiger partial charge is 0.226 e. The first-order chi connectivity index (χ1) is 11.7. The first kappa shape index (κ1) is 16.6. The molecule has 0 saturated heterocycles. The Bertz CT molecular complexity index is 797. The molecule has 0 aliphatic carbocycles. The number of hydrogen-bond acceptors (Lipinski definition) is 6. The maximum Gasteiger partial charge on any atom is 0.226 e. The lowest BCUT2D eigenvalue weighted by Crippen LogP contribution is -1.97. The summed E-state index contributed by atoms with van der Waals surface area (Å²) < 4.78 is 12.6. The number of methoxy groups -OCH3 is 1. The fourth-order valence-electron chi connectivity index (χ4n) is 2.26. The Morgan fingerprint density at radius 1 is 1.33 bits per heavy atom. The molecule has 0 amide bonds. The third-order valence-corrected chi connectivity index (χ3v) is 4.32. The third-order valence-electron chi connectivity index (χ3n) is 3.36. The van der Waals surface area contributed by atoms with Crippen molar-refractivity contribution in [2.75, 3.05) is 7.11 Å². The summed E-state index contributed by atoms with van der Waals surface area (Å²) in [5.74, 6) is 3.31. The predicted molar refractivity (Wildman–Crippen MR) is 92.5 cm³/mol. The van der Waals surface area contributed by atoms with Crippen molar-refractivity contribution < 1.29 is 9.26 Å². The van der Waals surface area contributed by atoms with E-state index < -0.39 is 0 Å². The number of nitrogens with zero attached hydrogens (tertiary/aromatic N) is 4. The maximum atomic E-state index is 5.28. The van der Waals surface area contributed by atoms with E-state index in [4.69, 9.17) is 9.26 Å². The lowest BCUT2D eigenvalue weighted by molar-refractivity contribution is 0.360. The van der Waals surface area contributed by atoms with Gasteiger partial charge in [0.15, 0.2) is 11.0 Å². The van der Waals surface area contributed by atoms with E-state index in [1.807, 2.05) is 35.0 Å². The quantitative estimate of drug-likeness (QED) is 0.608. The predicted octanol–water partition coefficient (Wildman–Crippen LogP) is 3.75. The summed E-state index contributed by atoms with van der Waals surface area (Å²) in [6.45, 7) is 4.26. The van der Waals surface area contributed by atoms with Crippen molar-refractivity contribution in [3.8, 4) is 11.4 Å². The van der Waals surface area contributed by atoms with Gasteiger partial charge >= 0.3 is 0 Å². The van der Waals surface area contributed by atoms with Crippen LogP contribution in [0.4, 0.5) is 0 Å². The number of hydrogen-bond donors (Lipinski definition) is 0. The number of ether oxygens (including phenoxy) is 1. The molecule has 2 heterocycles. The standard InChI is InChI=1S/C17H20N4O2S/c1-12(2)9-16-19-15(20-23-16)11-24-17-18-7-8-21(17)13-5-4-6-14(10-13)22-3/h4-8,10,12H,9,11H2,1-3H3. The lowest BCUT2D eigenvalue weighted by Gasteiger charge is -2.08. The van der Waals surface area contributed by atoms with Gasteiger partial charge in [0, 0.05) is 24.9 Å². The normalized spacial score (nSPS) is 11.2. The Hall–Kier alpha value is -2.28. The lowest BCUT2D eigenvalue weighted by atomic mass is 10.1. The molecule has 0 N–H and O–H groups in total. The minimum absolute atomic E-state index is 0.498. The van der Waals surface area contributed by atoms with Crippen molar-refractivity contribution in [2.24, 2.45) is 5.92 Å². The van der Waals surface area contributed by atoms with Gasteiger partial charge in [0.1, 0.15) is 5.75 Å². The zero-order chi connectivity index (χ0) is 16.9. The van der Waals surface area contributed by atoms with Gasteiger partial charge in [-0.05, 0) is 18.1 Å². The van der Waals surface area contributed by atoms with Crippen LogP contribution >= 0.6 is 11.8 Å². The molecule has 0 radical (unpaired) electrons. The van der Waals surface area contributed by atoms with Crippen LogP contribution < -0.4 is 4.74 Å². The molecule has 0 unspecified atom stereocenters. The van der Waals surface area contributed by atoms with Crippen molar-refractivity contribution in [3.63, 3.8) is 0 Å². The zero-order valence-corrected chi connectivity index (χ0v) is 14.8. The van der Waals surface area contributed by atoms with Gasteiger partial charge < -0.3 is 9.26 Å². The van der Waals surface area contributed by atoms with E-state index in [9.17, 15) is 0 Å². The largest absolute Gasteiger partial charge is 0.497 e. The molecule has 1 aromatic carbocycles. The van der Waals surface area contributed by atoms with Crippen LogP contribution in [-0.2, 0) is 12.2 Å². The molecule has 3 aromatic rings. The summed E-state index contributed by atoms with van der Waals surface area (Å²) in [4.78, 5) is 8.84. The van der Waals surface area contributed by atoms with Crippen LogP contribution in [0.3, 0.4) is 0 Å². The average Bonchev–Trinajstić information content (AvgIpc) is 3.21.